The van der Waals surface area contributed by atoms with Crippen molar-refractivity contribution in [3.63, 3.8) is 0 Å². The minimum absolute atomic E-state index is 0.0660. The Hall–Kier alpha value is -4.41. The molecule has 2 unspecified atom stereocenters. The maximum absolute atomic E-state index is 13.7. The molecular formula is C32H31FN6O2S. The first-order valence-corrected chi connectivity index (χ1v) is 15.4. The lowest BCUT2D eigenvalue weighted by Crippen LogP contribution is -2.28. The van der Waals surface area contributed by atoms with Gasteiger partial charge in [-0.15, -0.1) is 0 Å². The molecule has 0 aliphatic heterocycles. The molecule has 0 spiro atoms. The van der Waals surface area contributed by atoms with E-state index in [-0.39, 0.29) is 11.9 Å². The summed E-state index contributed by atoms with van der Waals surface area (Å²) in [6.45, 7) is 3.37. The molecule has 0 fully saturated rings. The summed E-state index contributed by atoms with van der Waals surface area (Å²) in [6.07, 6.45) is 5.07. The van der Waals surface area contributed by atoms with Gasteiger partial charge in [-0.05, 0) is 79.8 Å². The standard InChI is InChI=1S/C32H31FN6O2S/c1-4-38(2)29(19-42(3)40)31-13-12-30(41-31)22-8-10-27-26(16-22)32(35-20-34-27)37-25-9-11-28-23(15-25)17-36-39(28)18-21-6-5-7-24(33)14-21/h5-17,20,29H,4,18-19H2,1-3H3,(H,34,35,37). The molecule has 6 aromatic rings. The average Bonchev–Trinajstić information content (AvgIpc) is 3.63. The molecule has 0 radical (unpaired) electrons. The van der Waals surface area contributed by atoms with Crippen LogP contribution in [0.4, 0.5) is 15.9 Å². The smallest absolute Gasteiger partial charge is 0.141 e. The van der Waals surface area contributed by atoms with E-state index >= 15 is 0 Å². The fourth-order valence-corrected chi connectivity index (χ4v) is 5.97. The molecule has 8 nitrogen and oxygen atoms in total. The third-order valence-corrected chi connectivity index (χ3v) is 8.21. The van der Waals surface area contributed by atoms with E-state index in [1.807, 2.05) is 72.5 Å². The molecule has 3 aromatic carbocycles. The van der Waals surface area contributed by atoms with Gasteiger partial charge in [0, 0.05) is 44.8 Å². The summed E-state index contributed by atoms with van der Waals surface area (Å²) in [5.74, 6) is 2.44. The number of anilines is 2. The van der Waals surface area contributed by atoms with Crippen LogP contribution in [0.2, 0.25) is 0 Å². The first-order valence-electron chi connectivity index (χ1n) is 13.7. The lowest BCUT2D eigenvalue weighted by atomic mass is 10.1. The highest BCUT2D eigenvalue weighted by molar-refractivity contribution is 7.84. The van der Waals surface area contributed by atoms with E-state index in [1.165, 1.54) is 12.1 Å². The van der Waals surface area contributed by atoms with Crippen molar-refractivity contribution in [1.29, 1.82) is 0 Å². The van der Waals surface area contributed by atoms with Crippen LogP contribution in [-0.2, 0) is 17.3 Å². The summed E-state index contributed by atoms with van der Waals surface area (Å²) in [5, 5.41) is 9.77. The van der Waals surface area contributed by atoms with Crippen molar-refractivity contribution in [2.75, 3.05) is 30.9 Å². The van der Waals surface area contributed by atoms with E-state index in [0.29, 0.717) is 18.1 Å². The summed E-state index contributed by atoms with van der Waals surface area (Å²) in [4.78, 5) is 11.1. The Balaban J connectivity index is 1.27. The Bertz CT molecular complexity index is 1900. The molecule has 1 N–H and O–H groups in total. The first-order chi connectivity index (χ1) is 20.4. The molecule has 0 bridgehead atoms. The quantitative estimate of drug-likeness (QED) is 0.196. The highest BCUT2D eigenvalue weighted by atomic mass is 32.2. The zero-order chi connectivity index (χ0) is 29.2. The number of hydrogen-bond acceptors (Lipinski definition) is 7. The molecular weight excluding hydrogens is 551 g/mol. The number of hydrogen-bond donors (Lipinski definition) is 1. The van der Waals surface area contributed by atoms with Crippen molar-refractivity contribution < 1.29 is 13.0 Å². The topological polar surface area (TPSA) is 89.1 Å². The Kier molecular flexibility index (Phi) is 7.82. The SMILES string of the molecule is CCN(C)C(CS(C)=O)c1ccc(-c2ccc3ncnc(Nc4ccc5c(cnn5Cc5cccc(F)c5)c4)c3c2)o1. The molecule has 0 saturated carbocycles. The molecule has 10 heteroatoms. The van der Waals surface area contributed by atoms with Crippen molar-refractivity contribution >= 4 is 44.1 Å². The Morgan fingerprint density at radius 1 is 1.07 bits per heavy atom. The maximum atomic E-state index is 13.7. The lowest BCUT2D eigenvalue weighted by molar-refractivity contribution is 0.247. The number of aromatic nitrogens is 4. The van der Waals surface area contributed by atoms with Crippen molar-refractivity contribution in [1.82, 2.24) is 24.6 Å². The summed E-state index contributed by atoms with van der Waals surface area (Å²) < 4.78 is 33.8. The first kappa shape index (κ1) is 27.7. The molecule has 42 heavy (non-hydrogen) atoms. The number of furan rings is 1. The fraction of sp³-hybridized carbons (Fsp3) is 0.219. The second-order valence-corrected chi connectivity index (χ2v) is 11.8. The Morgan fingerprint density at radius 2 is 1.95 bits per heavy atom. The van der Waals surface area contributed by atoms with Crippen LogP contribution < -0.4 is 5.32 Å². The van der Waals surface area contributed by atoms with Crippen LogP contribution in [0.3, 0.4) is 0 Å². The van der Waals surface area contributed by atoms with Gasteiger partial charge in [0.25, 0.3) is 0 Å². The highest BCUT2D eigenvalue weighted by Crippen LogP contribution is 2.32. The number of nitrogens with zero attached hydrogens (tertiary/aromatic N) is 5. The molecule has 0 saturated heterocycles. The van der Waals surface area contributed by atoms with Crippen LogP contribution in [0.15, 0.2) is 89.7 Å². The molecule has 0 aliphatic rings. The van der Waals surface area contributed by atoms with Crippen molar-refractivity contribution in [2.24, 2.45) is 0 Å². The zero-order valence-corrected chi connectivity index (χ0v) is 24.4. The van der Waals surface area contributed by atoms with Gasteiger partial charge in [0.05, 0.1) is 29.8 Å². The number of rotatable bonds is 10. The highest BCUT2D eigenvalue weighted by Gasteiger charge is 2.22. The van der Waals surface area contributed by atoms with Gasteiger partial charge < -0.3 is 9.73 Å². The van der Waals surface area contributed by atoms with Gasteiger partial charge >= 0.3 is 0 Å². The summed E-state index contributed by atoms with van der Waals surface area (Å²) >= 11 is 0. The normalized spacial score (nSPS) is 13.2. The largest absolute Gasteiger partial charge is 0.459 e. The zero-order valence-electron chi connectivity index (χ0n) is 23.6. The minimum Gasteiger partial charge on any atom is -0.459 e. The Labute approximate surface area is 245 Å². The van der Waals surface area contributed by atoms with Crippen molar-refractivity contribution in [3.8, 4) is 11.3 Å². The van der Waals surface area contributed by atoms with Gasteiger partial charge in [-0.2, -0.15) is 5.10 Å². The van der Waals surface area contributed by atoms with Crippen molar-refractivity contribution in [3.05, 3.63) is 102 Å². The molecule has 214 valence electrons. The predicted molar refractivity (Wildman–Crippen MR) is 166 cm³/mol. The number of halogens is 1. The molecule has 3 heterocycles. The second-order valence-electron chi connectivity index (χ2n) is 10.3. The van der Waals surface area contributed by atoms with Gasteiger partial charge in [-0.3, -0.25) is 13.8 Å². The molecule has 6 rings (SSSR count). The van der Waals surface area contributed by atoms with Crippen LogP contribution >= 0.6 is 0 Å². The predicted octanol–water partition coefficient (Wildman–Crippen LogP) is 6.54. The van der Waals surface area contributed by atoms with Crippen LogP contribution in [-0.4, -0.2) is 54.5 Å². The molecule has 0 amide bonds. The average molecular weight is 583 g/mol. The summed E-state index contributed by atoms with van der Waals surface area (Å²) in [5.41, 5.74) is 4.36. The van der Waals surface area contributed by atoms with E-state index in [2.05, 4.69) is 32.2 Å². The van der Waals surface area contributed by atoms with E-state index < -0.39 is 10.8 Å². The van der Waals surface area contributed by atoms with Gasteiger partial charge in [-0.25, -0.2) is 14.4 Å². The van der Waals surface area contributed by atoms with Crippen LogP contribution in [0.5, 0.6) is 0 Å². The van der Waals surface area contributed by atoms with Crippen LogP contribution in [0, 0.1) is 5.82 Å². The molecule has 3 aromatic heterocycles. The van der Waals surface area contributed by atoms with Gasteiger partial charge in [0.15, 0.2) is 0 Å². The lowest BCUT2D eigenvalue weighted by Gasteiger charge is -2.24. The maximum Gasteiger partial charge on any atom is 0.141 e. The van der Waals surface area contributed by atoms with Crippen LogP contribution in [0.25, 0.3) is 33.1 Å². The van der Waals surface area contributed by atoms with Gasteiger partial charge in [0.2, 0.25) is 0 Å². The monoisotopic (exact) mass is 582 g/mol. The summed E-state index contributed by atoms with van der Waals surface area (Å²) in [6, 6.07) is 22.4. The third kappa shape index (κ3) is 5.81. The number of benzene rings is 3. The molecule has 2 atom stereocenters. The second kappa shape index (κ2) is 11.8. The van der Waals surface area contributed by atoms with E-state index in [1.54, 1.807) is 18.6 Å². The van der Waals surface area contributed by atoms with E-state index in [4.69, 9.17) is 4.42 Å². The fourth-order valence-electron chi connectivity index (χ4n) is 5.10. The molecule has 0 aliphatic carbocycles. The van der Waals surface area contributed by atoms with Gasteiger partial charge in [-0.1, -0.05) is 19.1 Å². The third-order valence-electron chi connectivity index (χ3n) is 7.42. The van der Waals surface area contributed by atoms with E-state index in [9.17, 15) is 8.60 Å². The summed E-state index contributed by atoms with van der Waals surface area (Å²) in [7, 11) is 1.05. The van der Waals surface area contributed by atoms with Gasteiger partial charge in [0.1, 0.15) is 29.5 Å². The van der Waals surface area contributed by atoms with Crippen molar-refractivity contribution in [2.45, 2.75) is 19.5 Å². The number of fused-ring (bicyclic) bond motifs is 2. The van der Waals surface area contributed by atoms with Crippen LogP contribution in [0.1, 0.15) is 24.3 Å². The Morgan fingerprint density at radius 3 is 2.76 bits per heavy atom. The minimum atomic E-state index is -0.958. The number of nitrogens with one attached hydrogen (secondary N) is 1. The van der Waals surface area contributed by atoms with E-state index in [0.717, 1.165) is 56.7 Å².